The second kappa shape index (κ2) is 1.52. The lowest BCUT2D eigenvalue weighted by Crippen LogP contribution is -2.15. The maximum Gasteiger partial charge on any atom is 0.324 e. The van der Waals surface area contributed by atoms with E-state index >= 15 is 0 Å². The lowest BCUT2D eigenvalue weighted by atomic mass is 10.4. The van der Waals surface area contributed by atoms with Gasteiger partial charge < -0.3 is 4.74 Å². The van der Waals surface area contributed by atoms with Crippen LogP contribution in [0.4, 0.5) is 0 Å². The Morgan fingerprint density at radius 1 is 1.86 bits per heavy atom. The largest absolute Gasteiger partial charge is 0.443 e. The molecule has 1 heterocycles. The first-order valence-electron chi connectivity index (χ1n) is 2.47. The minimum absolute atomic E-state index is 0.569. The van der Waals surface area contributed by atoms with E-state index < -0.39 is 0 Å². The highest BCUT2D eigenvalue weighted by Crippen LogP contribution is 1.93. The summed E-state index contributed by atoms with van der Waals surface area (Å²) in [4.78, 5) is 0. The molecule has 1 atom stereocenters. The first-order valence-corrected chi connectivity index (χ1v) is 2.47. The predicted molar refractivity (Wildman–Crippen MR) is 27.7 cm³/mol. The van der Waals surface area contributed by atoms with E-state index in [1.54, 1.807) is 6.40 Å². The van der Waals surface area contributed by atoms with Gasteiger partial charge in [0.1, 0.15) is 7.05 Å². The summed E-state index contributed by atoms with van der Waals surface area (Å²) in [5, 5.41) is 0. The molecule has 0 aromatic heterocycles. The Labute approximate surface area is 43.4 Å². The standard InChI is InChI=1S/C5H10NO/c1-5-3-7-4-6(5)2/h4-5H,3H2,1-2H3/q+1. The second-order valence-corrected chi connectivity index (χ2v) is 1.95. The number of hydrogen-bond donors (Lipinski definition) is 0. The zero-order valence-corrected chi connectivity index (χ0v) is 4.72. The third kappa shape index (κ3) is 0.734. The van der Waals surface area contributed by atoms with Crippen LogP contribution in [0.25, 0.3) is 0 Å². The summed E-state index contributed by atoms with van der Waals surface area (Å²) in [5.41, 5.74) is 0. The van der Waals surface area contributed by atoms with E-state index in [1.807, 2.05) is 7.05 Å². The van der Waals surface area contributed by atoms with Crippen LogP contribution in [0.3, 0.4) is 0 Å². The lowest BCUT2D eigenvalue weighted by molar-refractivity contribution is -0.518. The third-order valence-corrected chi connectivity index (χ3v) is 1.27. The molecule has 1 aliphatic rings. The van der Waals surface area contributed by atoms with Crippen molar-refractivity contribution in [3.63, 3.8) is 0 Å². The van der Waals surface area contributed by atoms with Crippen LogP contribution in [0.15, 0.2) is 0 Å². The van der Waals surface area contributed by atoms with Gasteiger partial charge in [-0.3, -0.25) is 0 Å². The van der Waals surface area contributed by atoms with Crippen LogP contribution in [0.2, 0.25) is 0 Å². The fourth-order valence-corrected chi connectivity index (χ4v) is 0.521. The van der Waals surface area contributed by atoms with Gasteiger partial charge in [0.05, 0.1) is 0 Å². The normalized spacial score (nSPS) is 29.4. The third-order valence-electron chi connectivity index (χ3n) is 1.27. The van der Waals surface area contributed by atoms with E-state index in [0.717, 1.165) is 6.61 Å². The van der Waals surface area contributed by atoms with Gasteiger partial charge in [-0.15, -0.1) is 0 Å². The summed E-state index contributed by atoms with van der Waals surface area (Å²) in [6.07, 6.45) is 1.75. The SMILES string of the molecule is CC1COC=[N+]1C. The number of ether oxygens (including phenoxy) is 1. The first kappa shape index (κ1) is 4.62. The lowest BCUT2D eigenvalue weighted by Gasteiger charge is -1.90. The average molecular weight is 100 g/mol. The number of rotatable bonds is 0. The van der Waals surface area contributed by atoms with E-state index in [-0.39, 0.29) is 0 Å². The Balaban J connectivity index is 2.54. The second-order valence-electron chi connectivity index (χ2n) is 1.95. The topological polar surface area (TPSA) is 12.2 Å². The molecule has 0 bridgehead atoms. The average Bonchev–Trinajstić information content (AvgIpc) is 1.91. The van der Waals surface area contributed by atoms with Crippen LogP contribution < -0.4 is 0 Å². The summed E-state index contributed by atoms with van der Waals surface area (Å²) in [6.45, 7) is 2.97. The summed E-state index contributed by atoms with van der Waals surface area (Å²) in [5.74, 6) is 0. The monoisotopic (exact) mass is 100 g/mol. The van der Waals surface area contributed by atoms with Gasteiger partial charge in [-0.25, -0.2) is 4.58 Å². The number of hydrogen-bond acceptors (Lipinski definition) is 1. The van der Waals surface area contributed by atoms with Crippen LogP contribution in [0.1, 0.15) is 6.92 Å². The molecule has 0 spiro atoms. The molecule has 1 unspecified atom stereocenters. The molecule has 0 N–H and O–H groups in total. The smallest absolute Gasteiger partial charge is 0.324 e. The van der Waals surface area contributed by atoms with Crippen molar-refractivity contribution in [2.45, 2.75) is 13.0 Å². The molecule has 0 aliphatic carbocycles. The molecule has 0 amide bonds. The van der Waals surface area contributed by atoms with Gasteiger partial charge in [0.15, 0.2) is 12.6 Å². The van der Waals surface area contributed by atoms with E-state index in [0.29, 0.717) is 6.04 Å². The van der Waals surface area contributed by atoms with E-state index in [2.05, 4.69) is 11.5 Å². The van der Waals surface area contributed by atoms with Crippen molar-refractivity contribution in [2.24, 2.45) is 0 Å². The Kier molecular flexibility index (Phi) is 1.01. The quantitative estimate of drug-likeness (QED) is 0.392. The zero-order valence-electron chi connectivity index (χ0n) is 4.72. The van der Waals surface area contributed by atoms with Gasteiger partial charge in [-0.05, 0) is 0 Å². The van der Waals surface area contributed by atoms with Crippen LogP contribution in [0.5, 0.6) is 0 Å². The van der Waals surface area contributed by atoms with E-state index in [9.17, 15) is 0 Å². The maximum atomic E-state index is 4.97. The molecule has 2 nitrogen and oxygen atoms in total. The summed E-state index contributed by atoms with van der Waals surface area (Å²) in [7, 11) is 2.01. The molecule has 0 saturated carbocycles. The molecule has 0 saturated heterocycles. The molecule has 1 aliphatic heterocycles. The molecule has 0 aromatic rings. The summed E-state index contributed by atoms with van der Waals surface area (Å²) in [6, 6.07) is 0.569. The van der Waals surface area contributed by atoms with Crippen molar-refractivity contribution in [3.8, 4) is 0 Å². The molecule has 0 fully saturated rings. The van der Waals surface area contributed by atoms with Crippen molar-refractivity contribution >= 4 is 6.40 Å². The molecule has 1 rings (SSSR count). The first-order chi connectivity index (χ1) is 3.30. The summed E-state index contributed by atoms with van der Waals surface area (Å²) >= 11 is 0. The Morgan fingerprint density at radius 3 is 2.71 bits per heavy atom. The van der Waals surface area contributed by atoms with Crippen LogP contribution >= 0.6 is 0 Å². The molecule has 0 radical (unpaired) electrons. The van der Waals surface area contributed by atoms with Crippen molar-refractivity contribution < 1.29 is 9.31 Å². The number of nitrogens with zero attached hydrogens (tertiary/aromatic N) is 1. The highest BCUT2D eigenvalue weighted by Gasteiger charge is 2.16. The fourth-order valence-electron chi connectivity index (χ4n) is 0.521. The summed E-state index contributed by atoms with van der Waals surface area (Å²) < 4.78 is 7.03. The molecule has 40 valence electrons. The van der Waals surface area contributed by atoms with Crippen LogP contribution in [0, 0.1) is 0 Å². The van der Waals surface area contributed by atoms with Crippen LogP contribution in [-0.4, -0.2) is 30.7 Å². The molecule has 2 heteroatoms. The van der Waals surface area contributed by atoms with Crippen molar-refractivity contribution in [1.82, 2.24) is 0 Å². The van der Waals surface area contributed by atoms with E-state index in [4.69, 9.17) is 4.74 Å². The molecular formula is C5H10NO+. The van der Waals surface area contributed by atoms with Gasteiger partial charge in [-0.1, -0.05) is 0 Å². The van der Waals surface area contributed by atoms with Crippen molar-refractivity contribution in [1.29, 1.82) is 0 Å². The Bertz CT molecular complexity index is 98.3. The van der Waals surface area contributed by atoms with E-state index in [1.165, 1.54) is 0 Å². The molecule has 7 heavy (non-hydrogen) atoms. The predicted octanol–water partition coefficient (Wildman–Crippen LogP) is 0.0757. The minimum atomic E-state index is 0.569. The maximum absolute atomic E-state index is 4.97. The van der Waals surface area contributed by atoms with Crippen LogP contribution in [-0.2, 0) is 4.74 Å². The highest BCUT2D eigenvalue weighted by atomic mass is 16.5. The van der Waals surface area contributed by atoms with Gasteiger partial charge in [-0.2, -0.15) is 0 Å². The van der Waals surface area contributed by atoms with Gasteiger partial charge >= 0.3 is 6.40 Å². The zero-order chi connectivity index (χ0) is 5.28. The Hall–Kier alpha value is -0.530. The fraction of sp³-hybridized carbons (Fsp3) is 0.800. The van der Waals surface area contributed by atoms with Gasteiger partial charge in [0, 0.05) is 6.92 Å². The van der Waals surface area contributed by atoms with Crippen molar-refractivity contribution in [3.05, 3.63) is 0 Å². The van der Waals surface area contributed by atoms with Gasteiger partial charge in [0.2, 0.25) is 0 Å². The van der Waals surface area contributed by atoms with Crippen molar-refractivity contribution in [2.75, 3.05) is 13.7 Å². The molecule has 0 aromatic carbocycles. The minimum Gasteiger partial charge on any atom is -0.443 e. The molecular weight excluding hydrogens is 90.1 g/mol. The Morgan fingerprint density at radius 2 is 2.57 bits per heavy atom. The van der Waals surface area contributed by atoms with Gasteiger partial charge in [0.25, 0.3) is 0 Å². The highest BCUT2D eigenvalue weighted by molar-refractivity contribution is 5.40. The number of likely N-dealkylation sites (N-methyl/N-ethyl adjacent to an activating group) is 1.